The van der Waals surface area contributed by atoms with Crippen LogP contribution in [0.4, 0.5) is 11.4 Å². The first-order chi connectivity index (χ1) is 15.1. The molecule has 5 nitrogen and oxygen atoms in total. The first-order valence-electron chi connectivity index (χ1n) is 10.5. The molecule has 3 aromatic carbocycles. The van der Waals surface area contributed by atoms with Gasteiger partial charge in [0.1, 0.15) is 5.75 Å². The third kappa shape index (κ3) is 5.12. The second kappa shape index (κ2) is 9.47. The Morgan fingerprint density at radius 1 is 1.06 bits per heavy atom. The lowest BCUT2D eigenvalue weighted by molar-refractivity contribution is -0.121. The molecule has 31 heavy (non-hydrogen) atoms. The Labute approximate surface area is 182 Å². The van der Waals surface area contributed by atoms with Crippen LogP contribution in [-0.2, 0) is 22.4 Å². The summed E-state index contributed by atoms with van der Waals surface area (Å²) >= 11 is 0. The molecular weight excluding hydrogens is 388 g/mol. The minimum absolute atomic E-state index is 0.0129. The van der Waals surface area contributed by atoms with Gasteiger partial charge in [-0.05, 0) is 48.2 Å². The molecule has 1 unspecified atom stereocenters. The van der Waals surface area contributed by atoms with Gasteiger partial charge in [-0.25, -0.2) is 0 Å². The highest BCUT2D eigenvalue weighted by Gasteiger charge is 2.26. The van der Waals surface area contributed by atoms with Crippen molar-refractivity contribution in [1.82, 2.24) is 0 Å². The molecule has 158 valence electrons. The van der Waals surface area contributed by atoms with Gasteiger partial charge in [-0.15, -0.1) is 0 Å². The number of anilines is 2. The molecule has 2 N–H and O–H groups in total. The van der Waals surface area contributed by atoms with Crippen LogP contribution in [0.1, 0.15) is 29.5 Å². The number of carbonyl (C=O) groups is 2. The number of ether oxygens (including phenoxy) is 1. The molecule has 1 aliphatic heterocycles. The molecule has 3 aromatic rings. The standard InChI is InChI=1S/C26H26N2O3/c1-31-24-13-12-22(17-21(24)15-18-7-3-2-4-8-18)27-25(29)14-11-20-16-19-9-5-6-10-23(19)28-26(20)30/h2-10,12-13,17,20H,11,14-16H2,1H3,(H,27,29)(H,28,30). The average molecular weight is 415 g/mol. The number of amides is 2. The van der Waals surface area contributed by atoms with E-state index in [1.165, 1.54) is 5.56 Å². The molecule has 0 bridgehead atoms. The van der Waals surface area contributed by atoms with Crippen LogP contribution in [0.2, 0.25) is 0 Å². The van der Waals surface area contributed by atoms with Crippen molar-refractivity contribution in [2.75, 3.05) is 17.7 Å². The van der Waals surface area contributed by atoms with Crippen LogP contribution in [0.15, 0.2) is 72.8 Å². The van der Waals surface area contributed by atoms with Crippen LogP contribution in [0.3, 0.4) is 0 Å². The normalized spacial score (nSPS) is 15.0. The molecule has 1 aliphatic rings. The highest BCUT2D eigenvalue weighted by molar-refractivity contribution is 5.96. The van der Waals surface area contributed by atoms with Crippen molar-refractivity contribution in [3.8, 4) is 5.75 Å². The molecule has 1 heterocycles. The molecule has 5 heteroatoms. The quantitative estimate of drug-likeness (QED) is 0.583. The molecule has 0 spiro atoms. The lowest BCUT2D eigenvalue weighted by Gasteiger charge is -2.24. The van der Waals surface area contributed by atoms with E-state index in [2.05, 4.69) is 22.8 Å². The van der Waals surface area contributed by atoms with E-state index < -0.39 is 0 Å². The molecule has 0 aromatic heterocycles. The predicted molar refractivity (Wildman–Crippen MR) is 122 cm³/mol. The number of para-hydroxylation sites is 1. The van der Waals surface area contributed by atoms with Crippen molar-refractivity contribution < 1.29 is 14.3 Å². The zero-order chi connectivity index (χ0) is 21.6. The van der Waals surface area contributed by atoms with Crippen LogP contribution in [0, 0.1) is 5.92 Å². The Bertz CT molecular complexity index is 1080. The number of hydrogen-bond acceptors (Lipinski definition) is 3. The zero-order valence-corrected chi connectivity index (χ0v) is 17.6. The summed E-state index contributed by atoms with van der Waals surface area (Å²) in [4.78, 5) is 24.9. The first kappa shape index (κ1) is 20.7. The highest BCUT2D eigenvalue weighted by Crippen LogP contribution is 2.28. The van der Waals surface area contributed by atoms with Crippen molar-refractivity contribution >= 4 is 23.2 Å². The van der Waals surface area contributed by atoms with Gasteiger partial charge in [-0.3, -0.25) is 9.59 Å². The Morgan fingerprint density at radius 3 is 2.65 bits per heavy atom. The number of benzene rings is 3. The van der Waals surface area contributed by atoms with Gasteiger partial charge in [-0.2, -0.15) is 0 Å². The van der Waals surface area contributed by atoms with Crippen LogP contribution in [0.5, 0.6) is 5.75 Å². The summed E-state index contributed by atoms with van der Waals surface area (Å²) in [5, 5.41) is 5.91. The van der Waals surface area contributed by atoms with E-state index in [0.29, 0.717) is 19.3 Å². The number of hydrogen-bond donors (Lipinski definition) is 2. The number of methoxy groups -OCH3 is 1. The van der Waals surface area contributed by atoms with Crippen LogP contribution in [-0.4, -0.2) is 18.9 Å². The Balaban J connectivity index is 1.37. The summed E-state index contributed by atoms with van der Waals surface area (Å²) < 4.78 is 5.49. The number of nitrogens with one attached hydrogen (secondary N) is 2. The summed E-state index contributed by atoms with van der Waals surface area (Å²) in [6.45, 7) is 0. The van der Waals surface area contributed by atoms with E-state index in [1.807, 2.05) is 60.7 Å². The van der Waals surface area contributed by atoms with Gasteiger partial charge in [-0.1, -0.05) is 48.5 Å². The van der Waals surface area contributed by atoms with Gasteiger partial charge in [0.15, 0.2) is 0 Å². The summed E-state index contributed by atoms with van der Waals surface area (Å²) in [6.07, 6.45) is 2.19. The van der Waals surface area contributed by atoms with Crippen molar-refractivity contribution in [3.05, 3.63) is 89.5 Å². The second-order valence-corrected chi connectivity index (χ2v) is 7.82. The van der Waals surface area contributed by atoms with Crippen molar-refractivity contribution in [1.29, 1.82) is 0 Å². The van der Waals surface area contributed by atoms with Crippen molar-refractivity contribution in [2.45, 2.75) is 25.7 Å². The van der Waals surface area contributed by atoms with E-state index in [-0.39, 0.29) is 17.7 Å². The van der Waals surface area contributed by atoms with Gasteiger partial charge in [0.2, 0.25) is 11.8 Å². The second-order valence-electron chi connectivity index (χ2n) is 7.82. The third-order valence-corrected chi connectivity index (χ3v) is 5.63. The maximum absolute atomic E-state index is 12.6. The van der Waals surface area contributed by atoms with E-state index in [0.717, 1.165) is 34.7 Å². The number of carbonyl (C=O) groups excluding carboxylic acids is 2. The lowest BCUT2D eigenvalue weighted by Crippen LogP contribution is -2.30. The summed E-state index contributed by atoms with van der Waals surface area (Å²) in [5.41, 5.74) is 4.91. The molecule has 1 atom stereocenters. The van der Waals surface area contributed by atoms with Gasteiger partial charge in [0, 0.05) is 35.7 Å². The van der Waals surface area contributed by atoms with E-state index in [4.69, 9.17) is 4.74 Å². The predicted octanol–water partition coefficient (Wildman–Crippen LogP) is 4.82. The van der Waals surface area contributed by atoms with E-state index in [9.17, 15) is 9.59 Å². The molecular formula is C26H26N2O3. The maximum Gasteiger partial charge on any atom is 0.227 e. The highest BCUT2D eigenvalue weighted by atomic mass is 16.5. The fourth-order valence-corrected chi connectivity index (χ4v) is 3.99. The molecule has 2 amide bonds. The van der Waals surface area contributed by atoms with Gasteiger partial charge < -0.3 is 15.4 Å². The van der Waals surface area contributed by atoms with Gasteiger partial charge in [0.05, 0.1) is 7.11 Å². The molecule has 0 aliphatic carbocycles. The van der Waals surface area contributed by atoms with Crippen molar-refractivity contribution in [3.63, 3.8) is 0 Å². The summed E-state index contributed by atoms with van der Waals surface area (Å²) in [6, 6.07) is 23.6. The Hall–Kier alpha value is -3.60. The monoisotopic (exact) mass is 414 g/mol. The minimum Gasteiger partial charge on any atom is -0.496 e. The molecule has 4 rings (SSSR count). The minimum atomic E-state index is -0.190. The van der Waals surface area contributed by atoms with Gasteiger partial charge in [0.25, 0.3) is 0 Å². The maximum atomic E-state index is 12.6. The lowest BCUT2D eigenvalue weighted by atomic mass is 9.89. The summed E-state index contributed by atoms with van der Waals surface area (Å²) in [5.74, 6) is 0.494. The number of fused-ring (bicyclic) bond motifs is 1. The SMILES string of the molecule is COc1ccc(NC(=O)CCC2Cc3ccccc3NC2=O)cc1Cc1ccccc1. The van der Waals surface area contributed by atoms with E-state index >= 15 is 0 Å². The van der Waals surface area contributed by atoms with Gasteiger partial charge >= 0.3 is 0 Å². The fourth-order valence-electron chi connectivity index (χ4n) is 3.99. The zero-order valence-electron chi connectivity index (χ0n) is 17.6. The summed E-state index contributed by atoms with van der Waals surface area (Å²) in [7, 11) is 1.65. The molecule has 0 saturated carbocycles. The van der Waals surface area contributed by atoms with Crippen LogP contribution in [0.25, 0.3) is 0 Å². The van der Waals surface area contributed by atoms with Crippen LogP contribution >= 0.6 is 0 Å². The van der Waals surface area contributed by atoms with Crippen LogP contribution < -0.4 is 15.4 Å². The smallest absolute Gasteiger partial charge is 0.227 e. The van der Waals surface area contributed by atoms with Crippen molar-refractivity contribution in [2.24, 2.45) is 5.92 Å². The molecule has 0 radical (unpaired) electrons. The molecule has 0 saturated heterocycles. The Kier molecular flexibility index (Phi) is 6.32. The third-order valence-electron chi connectivity index (χ3n) is 5.63. The largest absolute Gasteiger partial charge is 0.496 e. The molecule has 0 fully saturated rings. The average Bonchev–Trinajstić information content (AvgIpc) is 2.78. The topological polar surface area (TPSA) is 67.4 Å². The Morgan fingerprint density at radius 2 is 1.84 bits per heavy atom. The fraction of sp³-hybridized carbons (Fsp3) is 0.231. The first-order valence-corrected chi connectivity index (χ1v) is 10.5. The van der Waals surface area contributed by atoms with E-state index in [1.54, 1.807) is 7.11 Å². The number of rotatable bonds is 7.